The highest BCUT2D eigenvalue weighted by Gasteiger charge is 2.34. The Bertz CT molecular complexity index is 711. The van der Waals surface area contributed by atoms with Crippen molar-refractivity contribution in [3.63, 3.8) is 0 Å². The Hall–Kier alpha value is -2.04. The van der Waals surface area contributed by atoms with Crippen molar-refractivity contribution in [2.75, 3.05) is 24.5 Å². The first-order valence-electron chi connectivity index (χ1n) is 10.6. The average molecular weight is 386 g/mol. The lowest BCUT2D eigenvalue weighted by Gasteiger charge is -2.39. The Balaban J connectivity index is 1.55. The molecule has 1 aliphatic carbocycles. The highest BCUT2D eigenvalue weighted by atomic mass is 16.2. The van der Waals surface area contributed by atoms with Crippen molar-refractivity contribution < 1.29 is 9.59 Å². The highest BCUT2D eigenvalue weighted by molar-refractivity contribution is 5.96. The van der Waals surface area contributed by atoms with Crippen LogP contribution in [0.3, 0.4) is 0 Å². The second-order valence-corrected chi connectivity index (χ2v) is 9.78. The van der Waals surface area contributed by atoms with E-state index in [-0.39, 0.29) is 29.9 Å². The van der Waals surface area contributed by atoms with E-state index in [2.05, 4.69) is 52.1 Å². The Morgan fingerprint density at radius 2 is 1.86 bits per heavy atom. The molecule has 2 fully saturated rings. The van der Waals surface area contributed by atoms with Crippen molar-refractivity contribution in [2.24, 2.45) is 11.3 Å². The molecule has 0 bridgehead atoms. The van der Waals surface area contributed by atoms with Crippen molar-refractivity contribution in [2.45, 2.75) is 65.8 Å². The standard InChI is InChI=1S/C23H35N3O2/c1-16(2)18-6-8-20(9-7-18)26-11-10-25(22(26)28)15-21(27)24-19-12-17(3)13-23(4,5)14-19/h6-9,16-17,19H,10-15H2,1-5H3,(H,24,27). The number of hydrogen-bond donors (Lipinski definition) is 1. The van der Waals surface area contributed by atoms with Crippen LogP contribution in [0, 0.1) is 11.3 Å². The predicted molar refractivity (Wildman–Crippen MR) is 114 cm³/mol. The smallest absolute Gasteiger partial charge is 0.325 e. The van der Waals surface area contributed by atoms with E-state index in [0.717, 1.165) is 18.5 Å². The third-order valence-electron chi connectivity index (χ3n) is 6.05. The molecule has 5 nitrogen and oxygen atoms in total. The van der Waals surface area contributed by atoms with Gasteiger partial charge in [0.25, 0.3) is 0 Å². The zero-order valence-electron chi connectivity index (χ0n) is 18.0. The summed E-state index contributed by atoms with van der Waals surface area (Å²) in [5.41, 5.74) is 2.43. The molecule has 0 radical (unpaired) electrons. The van der Waals surface area contributed by atoms with Crippen LogP contribution in [-0.4, -0.2) is 42.5 Å². The zero-order chi connectivity index (χ0) is 20.5. The molecule has 154 valence electrons. The van der Waals surface area contributed by atoms with E-state index in [9.17, 15) is 9.59 Å². The molecule has 0 spiro atoms. The summed E-state index contributed by atoms with van der Waals surface area (Å²) in [7, 11) is 0. The molecule has 1 N–H and O–H groups in total. The number of rotatable bonds is 5. The quantitative estimate of drug-likeness (QED) is 0.818. The Morgan fingerprint density at radius 3 is 2.46 bits per heavy atom. The minimum absolute atomic E-state index is 0.0414. The van der Waals surface area contributed by atoms with Crippen LogP contribution in [0.1, 0.15) is 65.4 Å². The number of nitrogens with one attached hydrogen (secondary N) is 1. The van der Waals surface area contributed by atoms with Gasteiger partial charge in [-0.3, -0.25) is 9.69 Å². The summed E-state index contributed by atoms with van der Waals surface area (Å²) in [4.78, 5) is 28.8. The molecule has 28 heavy (non-hydrogen) atoms. The third kappa shape index (κ3) is 4.86. The summed E-state index contributed by atoms with van der Waals surface area (Å²) in [6.07, 6.45) is 3.23. The molecule has 1 aromatic rings. The van der Waals surface area contributed by atoms with Crippen LogP contribution < -0.4 is 10.2 Å². The fourth-order valence-corrected chi connectivity index (χ4v) is 4.91. The summed E-state index contributed by atoms with van der Waals surface area (Å²) in [6.45, 7) is 12.5. The van der Waals surface area contributed by atoms with Crippen molar-refractivity contribution in [3.8, 4) is 0 Å². The molecule has 0 aromatic heterocycles. The second-order valence-electron chi connectivity index (χ2n) is 9.78. The molecule has 1 saturated heterocycles. The second kappa shape index (κ2) is 8.14. The van der Waals surface area contributed by atoms with Gasteiger partial charge in [-0.05, 0) is 54.2 Å². The third-order valence-corrected chi connectivity index (χ3v) is 6.05. The van der Waals surface area contributed by atoms with Crippen LogP contribution in [0.2, 0.25) is 0 Å². The molecular formula is C23H35N3O2. The zero-order valence-corrected chi connectivity index (χ0v) is 18.0. The monoisotopic (exact) mass is 385 g/mol. The van der Waals surface area contributed by atoms with Gasteiger partial charge in [-0.25, -0.2) is 4.79 Å². The maximum Gasteiger partial charge on any atom is 0.325 e. The van der Waals surface area contributed by atoms with Gasteiger partial charge in [0.1, 0.15) is 6.54 Å². The van der Waals surface area contributed by atoms with Crippen LogP contribution in [0.15, 0.2) is 24.3 Å². The lowest BCUT2D eigenvalue weighted by molar-refractivity contribution is -0.122. The van der Waals surface area contributed by atoms with Gasteiger partial charge in [0.2, 0.25) is 5.91 Å². The average Bonchev–Trinajstić information content (AvgIpc) is 2.93. The Morgan fingerprint density at radius 1 is 1.18 bits per heavy atom. The van der Waals surface area contributed by atoms with Gasteiger partial charge in [0.15, 0.2) is 0 Å². The van der Waals surface area contributed by atoms with Gasteiger partial charge in [0, 0.05) is 24.8 Å². The summed E-state index contributed by atoms with van der Waals surface area (Å²) in [5.74, 6) is 1.04. The predicted octanol–water partition coefficient (Wildman–Crippen LogP) is 4.38. The van der Waals surface area contributed by atoms with E-state index in [1.165, 1.54) is 12.0 Å². The molecule has 2 aliphatic rings. The largest absolute Gasteiger partial charge is 0.352 e. The minimum Gasteiger partial charge on any atom is -0.352 e. The van der Waals surface area contributed by atoms with E-state index >= 15 is 0 Å². The van der Waals surface area contributed by atoms with Crippen molar-refractivity contribution >= 4 is 17.6 Å². The van der Waals surface area contributed by atoms with E-state index < -0.39 is 0 Å². The fraction of sp³-hybridized carbons (Fsp3) is 0.652. The number of nitrogens with zero attached hydrogens (tertiary/aromatic N) is 2. The van der Waals surface area contributed by atoms with Gasteiger partial charge in [0.05, 0.1) is 0 Å². The van der Waals surface area contributed by atoms with Gasteiger partial charge in [-0.2, -0.15) is 0 Å². The normalized spacial score (nSPS) is 24.7. The SMILES string of the molecule is CC1CC(NC(=O)CN2CCN(c3ccc(C(C)C)cc3)C2=O)CC(C)(C)C1. The topological polar surface area (TPSA) is 52.7 Å². The van der Waals surface area contributed by atoms with Crippen LogP contribution in [0.5, 0.6) is 0 Å². The van der Waals surface area contributed by atoms with Crippen molar-refractivity contribution in [1.82, 2.24) is 10.2 Å². The molecule has 3 rings (SSSR count). The Kier molecular flexibility index (Phi) is 6.01. The van der Waals surface area contributed by atoms with Gasteiger partial charge >= 0.3 is 6.03 Å². The number of urea groups is 1. The van der Waals surface area contributed by atoms with E-state index in [0.29, 0.717) is 24.9 Å². The van der Waals surface area contributed by atoms with E-state index in [1.54, 1.807) is 9.80 Å². The maximum absolute atomic E-state index is 12.8. The molecule has 1 aromatic carbocycles. The number of carbonyl (C=O) groups is 2. The molecule has 2 unspecified atom stereocenters. The lowest BCUT2D eigenvalue weighted by Crippen LogP contribution is -2.47. The Labute approximate surface area is 169 Å². The highest BCUT2D eigenvalue weighted by Crippen LogP contribution is 2.38. The number of carbonyl (C=O) groups excluding carboxylic acids is 2. The number of benzene rings is 1. The van der Waals surface area contributed by atoms with Crippen molar-refractivity contribution in [1.29, 1.82) is 0 Å². The maximum atomic E-state index is 12.8. The summed E-state index contributed by atoms with van der Waals surface area (Å²) < 4.78 is 0. The van der Waals surface area contributed by atoms with E-state index in [1.807, 2.05) is 12.1 Å². The minimum atomic E-state index is -0.0789. The fourth-order valence-electron chi connectivity index (χ4n) is 4.91. The van der Waals surface area contributed by atoms with Crippen LogP contribution in [0.25, 0.3) is 0 Å². The van der Waals surface area contributed by atoms with Gasteiger partial charge < -0.3 is 10.2 Å². The summed E-state index contributed by atoms with van der Waals surface area (Å²) in [6, 6.07) is 8.29. The first kappa shape index (κ1) is 20.7. The molecule has 5 heteroatoms. The first-order valence-corrected chi connectivity index (χ1v) is 10.6. The molecule has 3 amide bonds. The first-order chi connectivity index (χ1) is 13.1. The van der Waals surface area contributed by atoms with Gasteiger partial charge in [-0.15, -0.1) is 0 Å². The molecule has 2 atom stereocenters. The molecule has 1 saturated carbocycles. The number of amides is 3. The number of anilines is 1. The van der Waals surface area contributed by atoms with Gasteiger partial charge in [-0.1, -0.05) is 46.8 Å². The molecular weight excluding hydrogens is 350 g/mol. The summed E-state index contributed by atoms with van der Waals surface area (Å²) in [5, 5.41) is 3.18. The van der Waals surface area contributed by atoms with Crippen LogP contribution in [0.4, 0.5) is 10.5 Å². The van der Waals surface area contributed by atoms with Crippen LogP contribution in [-0.2, 0) is 4.79 Å². The lowest BCUT2D eigenvalue weighted by atomic mass is 9.70. The summed E-state index contributed by atoms with van der Waals surface area (Å²) >= 11 is 0. The number of hydrogen-bond acceptors (Lipinski definition) is 2. The van der Waals surface area contributed by atoms with E-state index in [4.69, 9.17) is 0 Å². The molecule has 1 heterocycles. The van der Waals surface area contributed by atoms with Crippen molar-refractivity contribution in [3.05, 3.63) is 29.8 Å². The van der Waals surface area contributed by atoms with Crippen LogP contribution >= 0.6 is 0 Å². The molecule has 1 aliphatic heterocycles.